The fourth-order valence-corrected chi connectivity index (χ4v) is 3.64. The van der Waals surface area contributed by atoms with E-state index in [1.165, 1.54) is 6.92 Å². The molecule has 0 amide bonds. The minimum absolute atomic E-state index is 0.0391. The highest BCUT2D eigenvalue weighted by molar-refractivity contribution is 6.12. The van der Waals surface area contributed by atoms with Crippen LogP contribution >= 0.6 is 0 Å². The number of benzene rings is 2. The van der Waals surface area contributed by atoms with Crippen molar-refractivity contribution in [2.75, 3.05) is 0 Å². The summed E-state index contributed by atoms with van der Waals surface area (Å²) in [5.74, 6) is -1.84. The Hall–Kier alpha value is -2.81. The summed E-state index contributed by atoms with van der Waals surface area (Å²) < 4.78 is 0. The second kappa shape index (κ2) is 8.05. The van der Waals surface area contributed by atoms with Crippen molar-refractivity contribution in [3.63, 3.8) is 0 Å². The highest BCUT2D eigenvalue weighted by Gasteiger charge is 2.38. The maximum absolute atomic E-state index is 13.2. The van der Waals surface area contributed by atoms with Crippen molar-refractivity contribution < 1.29 is 14.4 Å². The van der Waals surface area contributed by atoms with Crippen LogP contribution in [0.2, 0.25) is 0 Å². The summed E-state index contributed by atoms with van der Waals surface area (Å²) in [6, 6.07) is 18.3. The first kappa shape index (κ1) is 18.0. The predicted molar refractivity (Wildman–Crippen MR) is 101 cm³/mol. The van der Waals surface area contributed by atoms with Crippen molar-refractivity contribution in [1.82, 2.24) is 0 Å². The minimum Gasteiger partial charge on any atom is -0.299 e. The van der Waals surface area contributed by atoms with Crippen LogP contribution in [0.4, 0.5) is 0 Å². The average molecular weight is 346 g/mol. The monoisotopic (exact) mass is 346 g/mol. The summed E-state index contributed by atoms with van der Waals surface area (Å²) in [4.78, 5) is 38.4. The Balaban J connectivity index is 2.11. The lowest BCUT2D eigenvalue weighted by molar-refractivity contribution is -0.120. The van der Waals surface area contributed by atoms with Gasteiger partial charge in [0.15, 0.2) is 11.6 Å². The van der Waals surface area contributed by atoms with E-state index in [1.807, 2.05) is 42.5 Å². The van der Waals surface area contributed by atoms with E-state index in [2.05, 4.69) is 0 Å². The van der Waals surface area contributed by atoms with Gasteiger partial charge in [-0.1, -0.05) is 66.7 Å². The van der Waals surface area contributed by atoms with Gasteiger partial charge in [0.1, 0.15) is 5.78 Å². The van der Waals surface area contributed by atoms with Gasteiger partial charge in [0.2, 0.25) is 0 Å². The number of ketones is 3. The summed E-state index contributed by atoms with van der Waals surface area (Å²) in [5, 5.41) is 0. The molecule has 0 aromatic heterocycles. The average Bonchev–Trinajstić information content (AvgIpc) is 2.67. The zero-order valence-electron chi connectivity index (χ0n) is 14.9. The molecule has 0 spiro atoms. The molecule has 0 bridgehead atoms. The lowest BCUT2D eigenvalue weighted by atomic mass is 9.72. The van der Waals surface area contributed by atoms with Crippen LogP contribution in [0.1, 0.15) is 48.0 Å². The van der Waals surface area contributed by atoms with Crippen LogP contribution < -0.4 is 0 Å². The van der Waals surface area contributed by atoms with Crippen molar-refractivity contribution in [3.05, 3.63) is 83.4 Å². The third-order valence-corrected chi connectivity index (χ3v) is 4.90. The van der Waals surface area contributed by atoms with Gasteiger partial charge >= 0.3 is 0 Å². The third-order valence-electron chi connectivity index (χ3n) is 4.90. The summed E-state index contributed by atoms with van der Waals surface area (Å²) in [5.41, 5.74) is 1.93. The molecule has 3 rings (SSSR count). The molecule has 2 aromatic rings. The molecule has 2 atom stereocenters. The first-order valence-electron chi connectivity index (χ1n) is 8.97. The quantitative estimate of drug-likeness (QED) is 0.570. The van der Waals surface area contributed by atoms with Crippen LogP contribution in [-0.2, 0) is 9.59 Å². The van der Waals surface area contributed by atoms with Crippen LogP contribution in [0.15, 0.2) is 72.3 Å². The lowest BCUT2D eigenvalue weighted by Crippen LogP contribution is -2.32. The van der Waals surface area contributed by atoms with Gasteiger partial charge in [-0.05, 0) is 30.9 Å². The number of rotatable bonds is 6. The van der Waals surface area contributed by atoms with Gasteiger partial charge in [-0.15, -0.1) is 0 Å². The number of hydrogen-bond donors (Lipinski definition) is 0. The van der Waals surface area contributed by atoms with Gasteiger partial charge in [0, 0.05) is 17.9 Å². The molecule has 132 valence electrons. The molecular formula is C23H22O3. The van der Waals surface area contributed by atoms with Crippen molar-refractivity contribution in [3.8, 4) is 0 Å². The zero-order valence-corrected chi connectivity index (χ0v) is 14.9. The molecule has 0 fully saturated rings. The lowest BCUT2D eigenvalue weighted by Gasteiger charge is -2.28. The Morgan fingerprint density at radius 1 is 0.923 bits per heavy atom. The number of carbonyl (C=O) groups is 3. The first-order chi connectivity index (χ1) is 12.6. The molecule has 1 aliphatic rings. The summed E-state index contributed by atoms with van der Waals surface area (Å²) in [7, 11) is 0. The van der Waals surface area contributed by atoms with Crippen LogP contribution in [0.3, 0.4) is 0 Å². The van der Waals surface area contributed by atoms with E-state index in [4.69, 9.17) is 0 Å². The molecule has 0 saturated carbocycles. The molecule has 2 unspecified atom stereocenters. The molecule has 0 heterocycles. The van der Waals surface area contributed by atoms with E-state index >= 15 is 0 Å². The molecule has 0 aliphatic heterocycles. The Morgan fingerprint density at radius 3 is 2.12 bits per heavy atom. The number of hydrogen-bond acceptors (Lipinski definition) is 3. The second-order valence-electron chi connectivity index (χ2n) is 6.68. The summed E-state index contributed by atoms with van der Waals surface area (Å²) >= 11 is 0. The van der Waals surface area contributed by atoms with Crippen LogP contribution in [0.25, 0.3) is 0 Å². The fraction of sp³-hybridized carbons (Fsp3) is 0.261. The van der Waals surface area contributed by atoms with E-state index < -0.39 is 11.8 Å². The number of Topliss-reactive ketones (excluding diaryl/α,β-unsaturated/α-hetero) is 3. The highest BCUT2D eigenvalue weighted by atomic mass is 16.2. The SMILES string of the molecule is CC(=O)C(C(=O)c1ccccc1)C(C1=CCCCC1=O)c1ccccc1. The largest absolute Gasteiger partial charge is 0.299 e. The molecule has 0 saturated heterocycles. The van der Waals surface area contributed by atoms with Gasteiger partial charge in [0.25, 0.3) is 0 Å². The van der Waals surface area contributed by atoms with Crippen LogP contribution in [0, 0.1) is 5.92 Å². The molecule has 1 aliphatic carbocycles. The van der Waals surface area contributed by atoms with E-state index in [1.54, 1.807) is 24.3 Å². The van der Waals surface area contributed by atoms with Gasteiger partial charge in [-0.3, -0.25) is 14.4 Å². The van der Waals surface area contributed by atoms with Crippen molar-refractivity contribution in [1.29, 1.82) is 0 Å². The maximum Gasteiger partial charge on any atom is 0.174 e. The minimum atomic E-state index is -0.895. The number of allylic oxidation sites excluding steroid dienone is 2. The predicted octanol–water partition coefficient (Wildman–Crippen LogP) is 4.54. The third kappa shape index (κ3) is 3.72. The summed E-state index contributed by atoms with van der Waals surface area (Å²) in [6.07, 6.45) is 4.01. The van der Waals surface area contributed by atoms with Gasteiger partial charge in [0.05, 0.1) is 5.92 Å². The van der Waals surface area contributed by atoms with Gasteiger partial charge in [-0.25, -0.2) is 0 Å². The van der Waals surface area contributed by atoms with E-state index in [0.717, 1.165) is 18.4 Å². The highest BCUT2D eigenvalue weighted by Crippen LogP contribution is 2.37. The molecule has 0 radical (unpaired) electrons. The fourth-order valence-electron chi connectivity index (χ4n) is 3.64. The normalized spacial score (nSPS) is 16.5. The van der Waals surface area contributed by atoms with E-state index in [9.17, 15) is 14.4 Å². The van der Waals surface area contributed by atoms with Gasteiger partial charge in [-0.2, -0.15) is 0 Å². The topological polar surface area (TPSA) is 51.2 Å². The molecule has 3 nitrogen and oxygen atoms in total. The van der Waals surface area contributed by atoms with Crippen molar-refractivity contribution in [2.24, 2.45) is 5.92 Å². The standard InChI is InChI=1S/C23H22O3/c1-16(24)21(23(26)18-12-6-3-7-13-18)22(17-10-4-2-5-11-17)19-14-8-9-15-20(19)25/h2-7,10-14,21-22H,8-9,15H2,1H3. The Morgan fingerprint density at radius 2 is 1.54 bits per heavy atom. The van der Waals surface area contributed by atoms with Gasteiger partial charge < -0.3 is 0 Å². The first-order valence-corrected chi connectivity index (χ1v) is 8.97. The van der Waals surface area contributed by atoms with Crippen LogP contribution in [0.5, 0.6) is 0 Å². The zero-order chi connectivity index (χ0) is 18.5. The summed E-state index contributed by atoms with van der Waals surface area (Å²) in [6.45, 7) is 1.44. The molecule has 3 heteroatoms. The molecule has 0 N–H and O–H groups in total. The molecular weight excluding hydrogens is 324 g/mol. The second-order valence-corrected chi connectivity index (χ2v) is 6.68. The smallest absolute Gasteiger partial charge is 0.174 e. The maximum atomic E-state index is 13.2. The Labute approximate surface area is 153 Å². The Bertz CT molecular complexity index is 834. The van der Waals surface area contributed by atoms with Crippen molar-refractivity contribution >= 4 is 17.3 Å². The number of carbonyl (C=O) groups excluding carboxylic acids is 3. The van der Waals surface area contributed by atoms with Crippen molar-refractivity contribution in [2.45, 2.75) is 32.1 Å². The molecule has 26 heavy (non-hydrogen) atoms. The van der Waals surface area contributed by atoms with E-state index in [0.29, 0.717) is 17.6 Å². The Kier molecular flexibility index (Phi) is 5.57. The molecule has 2 aromatic carbocycles. The van der Waals surface area contributed by atoms with E-state index in [-0.39, 0.29) is 17.3 Å². The van der Waals surface area contributed by atoms with Crippen LogP contribution in [-0.4, -0.2) is 17.3 Å².